The fourth-order valence-corrected chi connectivity index (χ4v) is 2.92. The number of hydrogen-bond acceptors (Lipinski definition) is 6. The first-order valence-corrected chi connectivity index (χ1v) is 8.33. The van der Waals surface area contributed by atoms with Gasteiger partial charge in [-0.1, -0.05) is 12.1 Å². The molecule has 0 bridgehead atoms. The maximum Gasteiger partial charge on any atom is 0.229 e. The van der Waals surface area contributed by atoms with Gasteiger partial charge in [0.15, 0.2) is 5.58 Å². The van der Waals surface area contributed by atoms with Crippen LogP contribution in [0.25, 0.3) is 33.3 Å². The van der Waals surface area contributed by atoms with Crippen LogP contribution in [0.5, 0.6) is 5.88 Å². The Bertz CT molecular complexity index is 1130. The van der Waals surface area contributed by atoms with Crippen LogP contribution in [0.4, 0.5) is 5.82 Å². The van der Waals surface area contributed by atoms with E-state index in [2.05, 4.69) is 20.3 Å². The lowest BCUT2D eigenvalue weighted by Gasteiger charge is -2.08. The van der Waals surface area contributed by atoms with E-state index in [9.17, 15) is 9.90 Å². The van der Waals surface area contributed by atoms with Gasteiger partial charge in [0.2, 0.25) is 17.7 Å². The van der Waals surface area contributed by atoms with Crippen LogP contribution in [0.1, 0.15) is 12.8 Å². The Morgan fingerprint density at radius 2 is 2.00 bits per heavy atom. The summed E-state index contributed by atoms with van der Waals surface area (Å²) in [6.45, 7) is 0. The minimum absolute atomic E-state index is 0.0291. The number of aromatic hydroxyl groups is 1. The number of oxazole rings is 1. The molecule has 3 aromatic heterocycles. The SMILES string of the molecule is O=C(Nc1cc2c(-c3nc4ccccc4o3)cnc(O)c2cn1)C1CC1. The molecule has 1 saturated carbocycles. The summed E-state index contributed by atoms with van der Waals surface area (Å²) < 4.78 is 5.83. The molecule has 0 radical (unpaired) electrons. The van der Waals surface area contributed by atoms with Crippen LogP contribution >= 0.6 is 0 Å². The van der Waals surface area contributed by atoms with E-state index in [0.717, 1.165) is 18.4 Å². The lowest BCUT2D eigenvalue weighted by molar-refractivity contribution is -0.117. The van der Waals surface area contributed by atoms with Crippen LogP contribution in [0.15, 0.2) is 47.1 Å². The summed E-state index contributed by atoms with van der Waals surface area (Å²) in [4.78, 5) is 24.7. The van der Waals surface area contributed by atoms with Gasteiger partial charge in [-0.3, -0.25) is 4.79 Å². The normalized spacial score (nSPS) is 14.0. The summed E-state index contributed by atoms with van der Waals surface area (Å²) in [5, 5.41) is 14.0. The quantitative estimate of drug-likeness (QED) is 0.589. The molecule has 128 valence electrons. The first-order valence-electron chi connectivity index (χ1n) is 8.33. The fraction of sp³-hybridized carbons (Fsp3) is 0.158. The van der Waals surface area contributed by atoms with Crippen LogP contribution in [-0.2, 0) is 4.79 Å². The summed E-state index contributed by atoms with van der Waals surface area (Å²) >= 11 is 0. The van der Waals surface area contributed by atoms with Crippen molar-refractivity contribution in [2.45, 2.75) is 12.8 Å². The average molecular weight is 346 g/mol. The van der Waals surface area contributed by atoms with Gasteiger partial charge >= 0.3 is 0 Å². The van der Waals surface area contributed by atoms with Crippen molar-refractivity contribution in [1.82, 2.24) is 15.0 Å². The number of para-hydroxylation sites is 2. The van der Waals surface area contributed by atoms with Gasteiger partial charge in [-0.25, -0.2) is 15.0 Å². The molecule has 3 heterocycles. The van der Waals surface area contributed by atoms with Gasteiger partial charge in [0.1, 0.15) is 11.3 Å². The van der Waals surface area contributed by atoms with E-state index in [1.165, 1.54) is 12.4 Å². The molecule has 1 aromatic carbocycles. The van der Waals surface area contributed by atoms with Crippen molar-refractivity contribution in [3.63, 3.8) is 0 Å². The maximum absolute atomic E-state index is 12.0. The topological polar surface area (TPSA) is 101 Å². The highest BCUT2D eigenvalue weighted by molar-refractivity contribution is 6.01. The van der Waals surface area contributed by atoms with Crippen molar-refractivity contribution in [2.75, 3.05) is 5.32 Å². The zero-order chi connectivity index (χ0) is 17.7. The van der Waals surface area contributed by atoms with Crippen molar-refractivity contribution < 1.29 is 14.3 Å². The molecular weight excluding hydrogens is 332 g/mol. The van der Waals surface area contributed by atoms with Crippen molar-refractivity contribution in [3.05, 3.63) is 42.7 Å². The van der Waals surface area contributed by atoms with E-state index in [4.69, 9.17) is 4.42 Å². The molecule has 0 spiro atoms. The highest BCUT2D eigenvalue weighted by Gasteiger charge is 2.30. The van der Waals surface area contributed by atoms with Gasteiger partial charge in [0, 0.05) is 23.7 Å². The number of carbonyl (C=O) groups is 1. The number of benzene rings is 1. The number of rotatable bonds is 3. The largest absolute Gasteiger partial charge is 0.493 e. The molecule has 7 heteroatoms. The third-order valence-corrected chi connectivity index (χ3v) is 4.47. The Hall–Kier alpha value is -3.48. The summed E-state index contributed by atoms with van der Waals surface area (Å²) in [6.07, 6.45) is 4.83. The number of amides is 1. The summed E-state index contributed by atoms with van der Waals surface area (Å²) in [6, 6.07) is 9.17. The number of fused-ring (bicyclic) bond motifs is 2. The summed E-state index contributed by atoms with van der Waals surface area (Å²) in [5.74, 6) is 0.743. The number of carbonyl (C=O) groups excluding carboxylic acids is 1. The number of nitrogens with zero attached hydrogens (tertiary/aromatic N) is 3. The highest BCUT2D eigenvalue weighted by Crippen LogP contribution is 2.35. The van der Waals surface area contributed by atoms with Crippen LogP contribution in [0, 0.1) is 5.92 Å². The molecule has 0 aliphatic heterocycles. The fourth-order valence-electron chi connectivity index (χ4n) is 2.92. The number of hydrogen-bond donors (Lipinski definition) is 2. The lowest BCUT2D eigenvalue weighted by Crippen LogP contribution is -2.14. The lowest BCUT2D eigenvalue weighted by atomic mass is 10.1. The van der Waals surface area contributed by atoms with Crippen LogP contribution in [-0.4, -0.2) is 26.0 Å². The average Bonchev–Trinajstić information content (AvgIpc) is 3.41. The Morgan fingerprint density at radius 3 is 2.81 bits per heavy atom. The summed E-state index contributed by atoms with van der Waals surface area (Å²) in [7, 11) is 0. The van der Waals surface area contributed by atoms with E-state index in [1.807, 2.05) is 24.3 Å². The van der Waals surface area contributed by atoms with E-state index < -0.39 is 0 Å². The van der Waals surface area contributed by atoms with Gasteiger partial charge in [0.25, 0.3) is 0 Å². The van der Waals surface area contributed by atoms with Crippen molar-refractivity contribution >= 4 is 33.6 Å². The summed E-state index contributed by atoms with van der Waals surface area (Å²) in [5.41, 5.74) is 2.03. The first kappa shape index (κ1) is 14.8. The molecule has 7 nitrogen and oxygen atoms in total. The molecule has 1 amide bonds. The van der Waals surface area contributed by atoms with Crippen LogP contribution < -0.4 is 5.32 Å². The number of anilines is 1. The number of nitrogens with one attached hydrogen (secondary N) is 1. The third-order valence-electron chi connectivity index (χ3n) is 4.47. The van der Waals surface area contributed by atoms with Crippen molar-refractivity contribution in [3.8, 4) is 17.3 Å². The molecule has 5 rings (SSSR count). The maximum atomic E-state index is 12.0. The van der Waals surface area contributed by atoms with E-state index in [-0.39, 0.29) is 17.7 Å². The molecule has 26 heavy (non-hydrogen) atoms. The predicted molar refractivity (Wildman–Crippen MR) is 95.6 cm³/mol. The van der Waals surface area contributed by atoms with Crippen molar-refractivity contribution in [2.24, 2.45) is 5.92 Å². The van der Waals surface area contributed by atoms with Gasteiger partial charge in [0.05, 0.1) is 10.9 Å². The molecule has 4 aromatic rings. The van der Waals surface area contributed by atoms with Gasteiger partial charge in [-0.2, -0.15) is 0 Å². The molecule has 1 aliphatic rings. The van der Waals surface area contributed by atoms with Gasteiger partial charge < -0.3 is 14.8 Å². The van der Waals surface area contributed by atoms with Crippen molar-refractivity contribution in [1.29, 1.82) is 0 Å². The van der Waals surface area contributed by atoms with E-state index >= 15 is 0 Å². The van der Waals surface area contributed by atoms with E-state index in [1.54, 1.807) is 6.07 Å². The third kappa shape index (κ3) is 2.45. The predicted octanol–water partition coefficient (Wildman–Crippen LogP) is 3.49. The molecule has 2 N–H and O–H groups in total. The second-order valence-electron chi connectivity index (χ2n) is 6.36. The second-order valence-corrected chi connectivity index (χ2v) is 6.36. The zero-order valence-corrected chi connectivity index (χ0v) is 13.6. The Labute approximate surface area is 147 Å². The smallest absolute Gasteiger partial charge is 0.229 e. The monoisotopic (exact) mass is 346 g/mol. The Kier molecular flexibility index (Phi) is 3.15. The molecule has 0 saturated heterocycles. The molecule has 0 atom stereocenters. The second kappa shape index (κ2) is 5.52. The molecule has 0 unspecified atom stereocenters. The van der Waals surface area contributed by atoms with Crippen LogP contribution in [0.3, 0.4) is 0 Å². The van der Waals surface area contributed by atoms with E-state index in [0.29, 0.717) is 33.6 Å². The molecule has 1 aliphatic carbocycles. The minimum Gasteiger partial charge on any atom is -0.493 e. The van der Waals surface area contributed by atoms with Crippen LogP contribution in [0.2, 0.25) is 0 Å². The Balaban J connectivity index is 1.65. The van der Waals surface area contributed by atoms with Gasteiger partial charge in [-0.05, 0) is 31.0 Å². The standard InChI is InChI=1S/C19H14N4O3/c24-17(10-5-6-10)23-16-7-11-12(8-20-16)18(25)21-9-13(11)19-22-14-3-1-2-4-15(14)26-19/h1-4,7-10H,5-6H2,(H,21,25)(H,20,23,24). The van der Waals surface area contributed by atoms with Gasteiger partial charge in [-0.15, -0.1) is 0 Å². The number of aromatic nitrogens is 3. The first-order chi connectivity index (χ1) is 12.7. The molecule has 1 fully saturated rings. The highest BCUT2D eigenvalue weighted by atomic mass is 16.3. The number of pyridine rings is 2. The molecular formula is C19H14N4O3. The Morgan fingerprint density at radius 1 is 1.15 bits per heavy atom. The zero-order valence-electron chi connectivity index (χ0n) is 13.6. The minimum atomic E-state index is -0.132.